The summed E-state index contributed by atoms with van der Waals surface area (Å²) in [6, 6.07) is 0. The van der Waals surface area contributed by atoms with Gasteiger partial charge in [-0.25, -0.2) is 4.79 Å². The van der Waals surface area contributed by atoms with Crippen molar-refractivity contribution in [2.24, 2.45) is 0 Å². The lowest BCUT2D eigenvalue weighted by Crippen LogP contribution is -2.26. The molecule has 0 spiro atoms. The van der Waals surface area contributed by atoms with E-state index in [1.165, 1.54) is 0 Å². The first-order chi connectivity index (χ1) is 5.95. The third kappa shape index (κ3) is 9.30. The van der Waals surface area contributed by atoms with Gasteiger partial charge in [-0.1, -0.05) is 0 Å². The maximum Gasteiger partial charge on any atom is 0.332 e. The highest BCUT2D eigenvalue weighted by Crippen LogP contribution is 2.06. The van der Waals surface area contributed by atoms with Crippen LogP contribution in [-0.4, -0.2) is 38.5 Å². The van der Waals surface area contributed by atoms with E-state index in [9.17, 15) is 4.79 Å². The van der Waals surface area contributed by atoms with Crippen LogP contribution in [0.3, 0.4) is 0 Å². The molecule has 0 saturated carbocycles. The van der Waals surface area contributed by atoms with E-state index in [-0.39, 0.29) is 12.6 Å². The third-order valence-corrected chi connectivity index (χ3v) is 1.07. The van der Waals surface area contributed by atoms with Gasteiger partial charge in [-0.3, -0.25) is 0 Å². The summed E-state index contributed by atoms with van der Waals surface area (Å²) in [6.07, 6.45) is 0. The van der Waals surface area contributed by atoms with Crippen molar-refractivity contribution in [3.05, 3.63) is 0 Å². The molecular formula is C9H18O4. The molecule has 0 aromatic rings. The number of rotatable bonds is 5. The minimum Gasteiger partial charge on any atom is -0.458 e. The van der Waals surface area contributed by atoms with E-state index in [1.54, 1.807) is 7.11 Å². The van der Waals surface area contributed by atoms with Gasteiger partial charge in [0.05, 0.1) is 13.2 Å². The number of esters is 1. The lowest BCUT2D eigenvalue weighted by atomic mass is 10.2. The Labute approximate surface area is 79.2 Å². The fraction of sp³-hybridized carbons (Fsp3) is 0.889. The van der Waals surface area contributed by atoms with Crippen LogP contribution in [-0.2, 0) is 19.0 Å². The summed E-state index contributed by atoms with van der Waals surface area (Å²) in [6.45, 7) is 6.35. The van der Waals surface area contributed by atoms with Gasteiger partial charge in [0.2, 0.25) is 0 Å². The highest BCUT2D eigenvalue weighted by atomic mass is 16.6. The highest BCUT2D eigenvalue weighted by Gasteiger charge is 2.15. The number of carbonyl (C=O) groups excluding carboxylic acids is 1. The zero-order valence-corrected chi connectivity index (χ0v) is 8.75. The maximum atomic E-state index is 11.0. The van der Waals surface area contributed by atoms with Crippen LogP contribution in [0.15, 0.2) is 0 Å². The minimum absolute atomic E-state index is 0.0133. The standard InChI is InChI=1S/C9H18O4/c1-9(2,3)13-8(10)7-12-6-5-11-4/h5-7H2,1-4H3. The van der Waals surface area contributed by atoms with E-state index in [0.29, 0.717) is 13.2 Å². The van der Waals surface area contributed by atoms with Gasteiger partial charge in [-0.15, -0.1) is 0 Å². The molecule has 4 nitrogen and oxygen atoms in total. The first-order valence-electron chi connectivity index (χ1n) is 4.24. The van der Waals surface area contributed by atoms with Crippen LogP contribution in [0.25, 0.3) is 0 Å². The normalized spacial score (nSPS) is 11.4. The number of hydrogen-bond acceptors (Lipinski definition) is 4. The SMILES string of the molecule is COCCOCC(=O)OC(C)(C)C. The molecule has 0 heterocycles. The maximum absolute atomic E-state index is 11.0. The second-order valence-electron chi connectivity index (χ2n) is 3.63. The molecule has 13 heavy (non-hydrogen) atoms. The van der Waals surface area contributed by atoms with E-state index in [2.05, 4.69) is 0 Å². The van der Waals surface area contributed by atoms with Gasteiger partial charge in [0, 0.05) is 7.11 Å². The second-order valence-corrected chi connectivity index (χ2v) is 3.63. The van der Waals surface area contributed by atoms with E-state index in [0.717, 1.165) is 0 Å². The topological polar surface area (TPSA) is 44.8 Å². The Kier molecular flexibility index (Phi) is 5.66. The molecule has 4 heteroatoms. The smallest absolute Gasteiger partial charge is 0.332 e. The summed E-state index contributed by atoms with van der Waals surface area (Å²) in [7, 11) is 1.58. The molecule has 0 unspecified atom stereocenters. The molecule has 0 aromatic heterocycles. The predicted molar refractivity (Wildman–Crippen MR) is 48.5 cm³/mol. The van der Waals surface area contributed by atoms with Gasteiger partial charge in [0.1, 0.15) is 12.2 Å². The van der Waals surface area contributed by atoms with Gasteiger partial charge < -0.3 is 14.2 Å². The summed E-state index contributed by atoms with van der Waals surface area (Å²) in [4.78, 5) is 11.0. The number of ether oxygens (including phenoxy) is 3. The molecule has 0 amide bonds. The van der Waals surface area contributed by atoms with Crippen molar-refractivity contribution in [3.8, 4) is 0 Å². The van der Waals surface area contributed by atoms with Crippen molar-refractivity contribution < 1.29 is 19.0 Å². The summed E-state index contributed by atoms with van der Waals surface area (Å²) in [5, 5.41) is 0. The van der Waals surface area contributed by atoms with Crippen LogP contribution in [0.5, 0.6) is 0 Å². The van der Waals surface area contributed by atoms with Crippen molar-refractivity contribution in [2.45, 2.75) is 26.4 Å². The largest absolute Gasteiger partial charge is 0.458 e. The summed E-state index contributed by atoms with van der Waals surface area (Å²) >= 11 is 0. The fourth-order valence-electron chi connectivity index (χ4n) is 0.669. The zero-order chi connectivity index (χ0) is 10.3. The molecule has 0 aliphatic heterocycles. The van der Waals surface area contributed by atoms with Crippen LogP contribution in [0.2, 0.25) is 0 Å². The predicted octanol–water partition coefficient (Wildman–Crippen LogP) is 0.991. The molecule has 0 aromatic carbocycles. The van der Waals surface area contributed by atoms with Crippen molar-refractivity contribution in [3.63, 3.8) is 0 Å². The summed E-state index contributed by atoms with van der Waals surface area (Å²) in [5.41, 5.74) is -0.443. The Bertz CT molecular complexity index is 148. The minimum atomic E-state index is -0.443. The molecule has 0 saturated heterocycles. The zero-order valence-electron chi connectivity index (χ0n) is 8.75. The lowest BCUT2D eigenvalue weighted by Gasteiger charge is -2.19. The monoisotopic (exact) mass is 190 g/mol. The Morgan fingerprint density at radius 3 is 2.31 bits per heavy atom. The number of carbonyl (C=O) groups is 1. The van der Waals surface area contributed by atoms with Crippen molar-refractivity contribution in [2.75, 3.05) is 26.9 Å². The molecular weight excluding hydrogens is 172 g/mol. The first-order valence-corrected chi connectivity index (χ1v) is 4.24. The van der Waals surface area contributed by atoms with Gasteiger partial charge in [0.25, 0.3) is 0 Å². The lowest BCUT2D eigenvalue weighted by molar-refractivity contribution is -0.160. The molecule has 0 aliphatic carbocycles. The Morgan fingerprint density at radius 2 is 1.85 bits per heavy atom. The van der Waals surface area contributed by atoms with Crippen LogP contribution in [0.1, 0.15) is 20.8 Å². The van der Waals surface area contributed by atoms with Crippen molar-refractivity contribution in [1.82, 2.24) is 0 Å². The summed E-state index contributed by atoms with van der Waals surface area (Å²) in [5.74, 6) is -0.344. The second kappa shape index (κ2) is 5.94. The molecule has 78 valence electrons. The van der Waals surface area contributed by atoms with Gasteiger partial charge in [0.15, 0.2) is 0 Å². The third-order valence-electron chi connectivity index (χ3n) is 1.07. The first kappa shape index (κ1) is 12.4. The fourth-order valence-corrected chi connectivity index (χ4v) is 0.669. The Hall–Kier alpha value is -0.610. The quantitative estimate of drug-likeness (QED) is 0.479. The van der Waals surface area contributed by atoms with E-state index < -0.39 is 5.60 Å². The van der Waals surface area contributed by atoms with Crippen LogP contribution in [0, 0.1) is 0 Å². The molecule has 0 bridgehead atoms. The number of methoxy groups -OCH3 is 1. The van der Waals surface area contributed by atoms with E-state index >= 15 is 0 Å². The van der Waals surface area contributed by atoms with E-state index in [1.807, 2.05) is 20.8 Å². The summed E-state index contributed by atoms with van der Waals surface area (Å²) < 4.78 is 14.7. The van der Waals surface area contributed by atoms with Crippen LogP contribution in [0.4, 0.5) is 0 Å². The Morgan fingerprint density at radius 1 is 1.23 bits per heavy atom. The highest BCUT2D eigenvalue weighted by molar-refractivity contribution is 5.71. The number of hydrogen-bond donors (Lipinski definition) is 0. The Balaban J connectivity index is 3.41. The average molecular weight is 190 g/mol. The van der Waals surface area contributed by atoms with Crippen molar-refractivity contribution >= 4 is 5.97 Å². The molecule has 0 fully saturated rings. The van der Waals surface area contributed by atoms with E-state index in [4.69, 9.17) is 14.2 Å². The molecule has 0 radical (unpaired) electrons. The average Bonchev–Trinajstić information content (AvgIpc) is 1.94. The van der Waals surface area contributed by atoms with Gasteiger partial charge in [-0.05, 0) is 20.8 Å². The van der Waals surface area contributed by atoms with Gasteiger partial charge >= 0.3 is 5.97 Å². The van der Waals surface area contributed by atoms with Crippen LogP contribution >= 0.6 is 0 Å². The van der Waals surface area contributed by atoms with Gasteiger partial charge in [-0.2, -0.15) is 0 Å². The molecule has 0 aliphatic rings. The molecule has 0 N–H and O–H groups in total. The molecule has 0 atom stereocenters. The van der Waals surface area contributed by atoms with Crippen molar-refractivity contribution in [1.29, 1.82) is 0 Å². The molecule has 0 rings (SSSR count). The van der Waals surface area contributed by atoms with Crippen LogP contribution < -0.4 is 0 Å².